The molecule has 0 aliphatic carbocycles. The van der Waals surface area contributed by atoms with Crippen molar-refractivity contribution in [2.75, 3.05) is 44.8 Å². The number of hydrogen-bond acceptors (Lipinski definition) is 4. The summed E-state index contributed by atoms with van der Waals surface area (Å²) in [5, 5.41) is 7.08. The average Bonchev–Trinajstić information content (AvgIpc) is 3.29. The Bertz CT molecular complexity index is 692. The number of nitrogens with one attached hydrogen (secondary N) is 1. The van der Waals surface area contributed by atoms with Gasteiger partial charge in [0.05, 0.1) is 5.69 Å². The van der Waals surface area contributed by atoms with E-state index in [1.54, 1.807) is 6.20 Å². The Kier molecular flexibility index (Phi) is 6.65. The number of benzene rings is 1. The number of likely N-dealkylation sites (tertiary alicyclic amines) is 1. The number of piperidine rings is 2. The summed E-state index contributed by atoms with van der Waals surface area (Å²) in [7, 11) is 1.81. The van der Waals surface area contributed by atoms with E-state index in [0.717, 1.165) is 24.3 Å². The molecule has 2 fully saturated rings. The van der Waals surface area contributed by atoms with Gasteiger partial charge < -0.3 is 9.64 Å². The Hall–Kier alpha value is -1.85. The second kappa shape index (κ2) is 9.57. The highest BCUT2D eigenvalue weighted by atomic mass is 16.5. The van der Waals surface area contributed by atoms with Crippen LogP contribution in [0.1, 0.15) is 38.5 Å². The van der Waals surface area contributed by atoms with Crippen LogP contribution in [0.3, 0.4) is 0 Å². The van der Waals surface area contributed by atoms with Crippen LogP contribution in [0.25, 0.3) is 11.3 Å². The second-order valence-electron chi connectivity index (χ2n) is 8.37. The van der Waals surface area contributed by atoms with Crippen molar-refractivity contribution >= 4 is 5.69 Å². The van der Waals surface area contributed by atoms with Gasteiger partial charge in [-0.1, -0.05) is 12.1 Å². The Morgan fingerprint density at radius 3 is 2.61 bits per heavy atom. The summed E-state index contributed by atoms with van der Waals surface area (Å²) in [6, 6.07) is 11.7. The van der Waals surface area contributed by atoms with Gasteiger partial charge in [-0.15, -0.1) is 0 Å². The van der Waals surface area contributed by atoms with E-state index in [-0.39, 0.29) is 0 Å². The predicted octanol–water partition coefficient (Wildman–Crippen LogP) is 4.18. The highest BCUT2D eigenvalue weighted by Crippen LogP contribution is 2.29. The van der Waals surface area contributed by atoms with Crippen LogP contribution in [0.2, 0.25) is 0 Å². The number of H-pyrrole nitrogens is 1. The van der Waals surface area contributed by atoms with Crippen LogP contribution in [0, 0.1) is 5.92 Å². The fourth-order valence-corrected chi connectivity index (χ4v) is 4.94. The Morgan fingerprint density at radius 2 is 1.89 bits per heavy atom. The maximum absolute atomic E-state index is 5.23. The number of anilines is 1. The van der Waals surface area contributed by atoms with E-state index < -0.39 is 0 Å². The molecule has 1 aromatic carbocycles. The average molecular weight is 383 g/mol. The molecule has 1 atom stereocenters. The van der Waals surface area contributed by atoms with Gasteiger partial charge in [0.1, 0.15) is 0 Å². The molecule has 1 aromatic heterocycles. The van der Waals surface area contributed by atoms with E-state index in [9.17, 15) is 0 Å². The van der Waals surface area contributed by atoms with Crippen molar-refractivity contribution in [2.24, 2.45) is 5.92 Å². The fraction of sp³-hybridized carbons (Fsp3) is 0.609. The molecule has 1 N–H and O–H groups in total. The topological polar surface area (TPSA) is 44.4 Å². The lowest BCUT2D eigenvalue weighted by Crippen LogP contribution is -2.48. The summed E-state index contributed by atoms with van der Waals surface area (Å²) in [6.45, 7) is 5.84. The zero-order chi connectivity index (χ0) is 19.2. The van der Waals surface area contributed by atoms with Crippen LogP contribution < -0.4 is 4.90 Å². The number of rotatable bonds is 7. The standard InChI is InChI=1S/C23H34N4O/c1-28-17-3-5-19-4-2-14-27(18-19)22-11-15-26(16-12-22)21-8-6-20(7-9-21)23-10-13-24-25-23/h6-10,13,19,22H,2-5,11-12,14-18H2,1H3,(H,24,25). The van der Waals surface area contributed by atoms with Crippen LogP contribution >= 0.6 is 0 Å². The van der Waals surface area contributed by atoms with Gasteiger partial charge in [0.15, 0.2) is 0 Å². The molecule has 2 saturated heterocycles. The van der Waals surface area contributed by atoms with E-state index in [0.29, 0.717) is 0 Å². The van der Waals surface area contributed by atoms with Crippen molar-refractivity contribution in [3.63, 3.8) is 0 Å². The molecule has 4 rings (SSSR count). The highest BCUT2D eigenvalue weighted by Gasteiger charge is 2.28. The first-order valence-electron chi connectivity index (χ1n) is 10.9. The number of hydrogen-bond donors (Lipinski definition) is 1. The monoisotopic (exact) mass is 382 g/mol. The molecular weight excluding hydrogens is 348 g/mol. The van der Waals surface area contributed by atoms with E-state index in [4.69, 9.17) is 4.74 Å². The van der Waals surface area contributed by atoms with E-state index >= 15 is 0 Å². The first-order chi connectivity index (χ1) is 13.8. The molecule has 0 spiro atoms. The highest BCUT2D eigenvalue weighted by molar-refractivity contribution is 5.62. The number of ether oxygens (including phenoxy) is 1. The van der Waals surface area contributed by atoms with Crippen molar-refractivity contribution in [1.82, 2.24) is 15.1 Å². The van der Waals surface area contributed by atoms with E-state index in [1.807, 2.05) is 13.2 Å². The lowest BCUT2D eigenvalue weighted by atomic mass is 9.91. The second-order valence-corrected chi connectivity index (χ2v) is 8.37. The van der Waals surface area contributed by atoms with Crippen molar-refractivity contribution in [2.45, 2.75) is 44.6 Å². The fourth-order valence-electron chi connectivity index (χ4n) is 4.94. The lowest BCUT2D eigenvalue weighted by molar-refractivity contribution is 0.0971. The third-order valence-corrected chi connectivity index (χ3v) is 6.54. The van der Waals surface area contributed by atoms with Crippen LogP contribution in [0.15, 0.2) is 36.5 Å². The van der Waals surface area contributed by atoms with Gasteiger partial charge in [-0.05, 0) is 74.8 Å². The maximum Gasteiger partial charge on any atom is 0.0650 e. The number of aromatic amines is 1. The molecule has 0 bridgehead atoms. The summed E-state index contributed by atoms with van der Waals surface area (Å²) < 4.78 is 5.23. The zero-order valence-electron chi connectivity index (χ0n) is 17.1. The van der Waals surface area contributed by atoms with Crippen LogP contribution in [0.4, 0.5) is 5.69 Å². The molecule has 0 amide bonds. The third kappa shape index (κ3) is 4.76. The largest absolute Gasteiger partial charge is 0.385 e. The summed E-state index contributed by atoms with van der Waals surface area (Å²) >= 11 is 0. The molecule has 5 heteroatoms. The molecule has 5 nitrogen and oxygen atoms in total. The SMILES string of the molecule is COCCCC1CCCN(C2CCN(c3ccc(-c4ccn[nH]4)cc3)CC2)C1. The Balaban J connectivity index is 1.27. The van der Waals surface area contributed by atoms with E-state index in [1.165, 1.54) is 76.0 Å². The summed E-state index contributed by atoms with van der Waals surface area (Å²) in [6.07, 6.45) is 9.68. The number of methoxy groups -OCH3 is 1. The van der Waals surface area contributed by atoms with Gasteiger partial charge in [-0.2, -0.15) is 5.10 Å². The molecule has 28 heavy (non-hydrogen) atoms. The molecule has 2 aliphatic rings. The Labute approximate surface area is 169 Å². The van der Waals surface area contributed by atoms with Gasteiger partial charge in [0.25, 0.3) is 0 Å². The maximum atomic E-state index is 5.23. The van der Waals surface area contributed by atoms with Crippen LogP contribution in [-0.4, -0.2) is 61.0 Å². The lowest BCUT2D eigenvalue weighted by Gasteiger charge is -2.43. The minimum atomic E-state index is 0.769. The zero-order valence-corrected chi connectivity index (χ0v) is 17.1. The van der Waals surface area contributed by atoms with Gasteiger partial charge >= 0.3 is 0 Å². The van der Waals surface area contributed by atoms with Crippen molar-refractivity contribution in [3.05, 3.63) is 36.5 Å². The minimum Gasteiger partial charge on any atom is -0.385 e. The summed E-state index contributed by atoms with van der Waals surface area (Å²) in [5.74, 6) is 0.872. The molecule has 0 saturated carbocycles. The first-order valence-corrected chi connectivity index (χ1v) is 10.9. The van der Waals surface area contributed by atoms with Gasteiger partial charge in [-0.3, -0.25) is 10.00 Å². The molecular formula is C23H34N4O. The predicted molar refractivity (Wildman–Crippen MR) is 115 cm³/mol. The molecule has 1 unspecified atom stereocenters. The summed E-state index contributed by atoms with van der Waals surface area (Å²) in [4.78, 5) is 5.34. The molecule has 2 aromatic rings. The van der Waals surface area contributed by atoms with Crippen molar-refractivity contribution in [3.8, 4) is 11.3 Å². The quantitative estimate of drug-likeness (QED) is 0.730. The van der Waals surface area contributed by atoms with Crippen molar-refractivity contribution < 1.29 is 4.74 Å². The normalized spacial score (nSPS) is 21.9. The van der Waals surface area contributed by atoms with Gasteiger partial charge in [-0.25, -0.2) is 0 Å². The minimum absolute atomic E-state index is 0.769. The number of aromatic nitrogens is 2. The molecule has 2 aliphatic heterocycles. The van der Waals surface area contributed by atoms with Crippen molar-refractivity contribution in [1.29, 1.82) is 0 Å². The van der Waals surface area contributed by atoms with Gasteiger partial charge in [0.2, 0.25) is 0 Å². The number of nitrogens with zero attached hydrogens (tertiary/aromatic N) is 3. The summed E-state index contributed by atoms with van der Waals surface area (Å²) in [5.41, 5.74) is 3.62. The molecule has 152 valence electrons. The van der Waals surface area contributed by atoms with Crippen LogP contribution in [0.5, 0.6) is 0 Å². The van der Waals surface area contributed by atoms with Crippen LogP contribution in [-0.2, 0) is 4.74 Å². The molecule has 0 radical (unpaired) electrons. The van der Waals surface area contributed by atoms with E-state index in [2.05, 4.69) is 44.3 Å². The Morgan fingerprint density at radius 1 is 1.07 bits per heavy atom. The third-order valence-electron chi connectivity index (χ3n) is 6.54. The first kappa shape index (κ1) is 19.5. The molecule has 3 heterocycles. The smallest absolute Gasteiger partial charge is 0.0650 e. The van der Waals surface area contributed by atoms with Gasteiger partial charge in [0, 0.05) is 51.3 Å².